The minimum atomic E-state index is 0.244. The van der Waals surface area contributed by atoms with E-state index in [0.29, 0.717) is 12.5 Å². The van der Waals surface area contributed by atoms with Gasteiger partial charge in [-0.05, 0) is 24.5 Å². The predicted octanol–water partition coefficient (Wildman–Crippen LogP) is 1.89. The Bertz CT molecular complexity index is 318. The van der Waals surface area contributed by atoms with E-state index in [4.69, 9.17) is 4.42 Å². The summed E-state index contributed by atoms with van der Waals surface area (Å²) in [6, 6.07) is 3.73. The summed E-state index contributed by atoms with van der Waals surface area (Å²) < 4.78 is 5.19. The average molecular weight is 193 g/mol. The van der Waals surface area contributed by atoms with Crippen molar-refractivity contribution in [2.24, 2.45) is 11.8 Å². The van der Waals surface area contributed by atoms with Crippen molar-refractivity contribution in [1.29, 1.82) is 0 Å². The molecule has 1 amide bonds. The number of amides is 1. The summed E-state index contributed by atoms with van der Waals surface area (Å²) in [5, 5.41) is 0. The Morgan fingerprint density at radius 2 is 2.43 bits per heavy atom. The van der Waals surface area contributed by atoms with E-state index >= 15 is 0 Å². The maximum Gasteiger partial charge on any atom is 0.226 e. The van der Waals surface area contributed by atoms with Gasteiger partial charge in [-0.15, -0.1) is 0 Å². The number of hydrogen-bond donors (Lipinski definition) is 0. The van der Waals surface area contributed by atoms with Gasteiger partial charge in [-0.2, -0.15) is 0 Å². The number of furan rings is 1. The molecule has 3 heteroatoms. The average Bonchev–Trinajstić information content (AvgIpc) is 2.65. The molecule has 0 spiro atoms. The summed E-state index contributed by atoms with van der Waals surface area (Å²) in [6.45, 7) is 2.69. The van der Waals surface area contributed by atoms with Gasteiger partial charge in [0.1, 0.15) is 5.76 Å². The number of nitrogens with zero attached hydrogens (tertiary/aromatic N) is 1. The molecule has 14 heavy (non-hydrogen) atoms. The van der Waals surface area contributed by atoms with Gasteiger partial charge in [0.2, 0.25) is 5.91 Å². The highest BCUT2D eigenvalue weighted by Gasteiger charge is 2.40. The van der Waals surface area contributed by atoms with Crippen molar-refractivity contribution in [2.45, 2.75) is 19.9 Å². The van der Waals surface area contributed by atoms with Crippen molar-refractivity contribution in [3.63, 3.8) is 0 Å². The Morgan fingerprint density at radius 1 is 1.71 bits per heavy atom. The topological polar surface area (TPSA) is 33.5 Å². The van der Waals surface area contributed by atoms with Crippen LogP contribution in [0.2, 0.25) is 0 Å². The van der Waals surface area contributed by atoms with E-state index in [1.54, 1.807) is 11.2 Å². The second-order valence-corrected chi connectivity index (χ2v) is 4.09. The Morgan fingerprint density at radius 3 is 2.93 bits per heavy atom. The molecule has 2 rings (SSSR count). The molecule has 76 valence electrons. The van der Waals surface area contributed by atoms with Crippen LogP contribution >= 0.6 is 0 Å². The third-order valence-corrected chi connectivity index (χ3v) is 2.78. The molecular weight excluding hydrogens is 178 g/mol. The lowest BCUT2D eigenvalue weighted by atomic mass is 10.3. The number of carbonyl (C=O) groups is 1. The van der Waals surface area contributed by atoms with Crippen molar-refractivity contribution in [3.8, 4) is 0 Å². The Balaban J connectivity index is 1.89. The summed E-state index contributed by atoms with van der Waals surface area (Å²) in [4.78, 5) is 13.5. The lowest BCUT2D eigenvalue weighted by Crippen LogP contribution is -2.27. The molecule has 1 aliphatic rings. The molecule has 1 aromatic rings. The van der Waals surface area contributed by atoms with Crippen LogP contribution in [0.1, 0.15) is 19.1 Å². The van der Waals surface area contributed by atoms with Gasteiger partial charge in [0.15, 0.2) is 0 Å². The van der Waals surface area contributed by atoms with Crippen molar-refractivity contribution >= 4 is 5.91 Å². The van der Waals surface area contributed by atoms with Crippen molar-refractivity contribution in [3.05, 3.63) is 24.2 Å². The largest absolute Gasteiger partial charge is 0.467 e. The third-order valence-electron chi connectivity index (χ3n) is 2.78. The number of hydrogen-bond acceptors (Lipinski definition) is 2. The van der Waals surface area contributed by atoms with E-state index in [0.717, 1.165) is 12.2 Å². The van der Waals surface area contributed by atoms with Gasteiger partial charge < -0.3 is 9.32 Å². The molecule has 0 N–H and O–H groups in total. The van der Waals surface area contributed by atoms with Gasteiger partial charge >= 0.3 is 0 Å². The quantitative estimate of drug-likeness (QED) is 0.734. The van der Waals surface area contributed by atoms with E-state index in [2.05, 4.69) is 6.92 Å². The molecule has 0 aliphatic heterocycles. The zero-order valence-electron chi connectivity index (χ0n) is 8.56. The smallest absolute Gasteiger partial charge is 0.226 e. The van der Waals surface area contributed by atoms with E-state index < -0.39 is 0 Å². The standard InChI is InChI=1S/C11H15NO2/c1-8-6-10(8)11(13)12(2)7-9-4-3-5-14-9/h3-5,8,10H,6-7H2,1-2H3. The van der Waals surface area contributed by atoms with Crippen LogP contribution < -0.4 is 0 Å². The van der Waals surface area contributed by atoms with Crippen LogP contribution in [-0.2, 0) is 11.3 Å². The summed E-state index contributed by atoms with van der Waals surface area (Å²) in [5.74, 6) is 1.92. The maximum atomic E-state index is 11.7. The monoisotopic (exact) mass is 193 g/mol. The minimum absolute atomic E-state index is 0.244. The fourth-order valence-corrected chi connectivity index (χ4v) is 1.66. The van der Waals surface area contributed by atoms with Gasteiger partial charge in [0.25, 0.3) is 0 Å². The molecule has 2 atom stereocenters. The fourth-order valence-electron chi connectivity index (χ4n) is 1.66. The molecule has 0 aromatic carbocycles. The second kappa shape index (κ2) is 3.48. The first-order valence-electron chi connectivity index (χ1n) is 4.96. The van der Waals surface area contributed by atoms with Gasteiger partial charge in [-0.3, -0.25) is 4.79 Å². The molecule has 1 aromatic heterocycles. The second-order valence-electron chi connectivity index (χ2n) is 4.09. The summed E-state index contributed by atoms with van der Waals surface area (Å²) in [5.41, 5.74) is 0. The van der Waals surface area contributed by atoms with Crippen LogP contribution in [0, 0.1) is 11.8 Å². The first-order chi connectivity index (χ1) is 6.68. The van der Waals surface area contributed by atoms with E-state index in [1.165, 1.54) is 0 Å². The molecule has 0 bridgehead atoms. The Kier molecular flexibility index (Phi) is 2.32. The normalized spacial score (nSPS) is 24.7. The Hall–Kier alpha value is -1.25. The number of carbonyl (C=O) groups excluding carboxylic acids is 1. The van der Waals surface area contributed by atoms with Gasteiger partial charge in [-0.1, -0.05) is 6.92 Å². The van der Waals surface area contributed by atoms with Crippen LogP contribution in [0.5, 0.6) is 0 Å². The summed E-state index contributed by atoms with van der Waals surface area (Å²) >= 11 is 0. The highest BCUT2D eigenvalue weighted by molar-refractivity contribution is 5.81. The number of rotatable bonds is 3. The highest BCUT2D eigenvalue weighted by atomic mass is 16.3. The fraction of sp³-hybridized carbons (Fsp3) is 0.545. The van der Waals surface area contributed by atoms with Gasteiger partial charge in [0.05, 0.1) is 12.8 Å². The van der Waals surface area contributed by atoms with Crippen molar-refractivity contribution in [2.75, 3.05) is 7.05 Å². The molecule has 0 saturated heterocycles. The van der Waals surface area contributed by atoms with Gasteiger partial charge in [-0.25, -0.2) is 0 Å². The molecule has 2 unspecified atom stereocenters. The van der Waals surface area contributed by atoms with E-state index in [-0.39, 0.29) is 11.8 Å². The zero-order valence-corrected chi connectivity index (χ0v) is 8.56. The van der Waals surface area contributed by atoms with Crippen LogP contribution in [0.3, 0.4) is 0 Å². The van der Waals surface area contributed by atoms with Crippen LogP contribution in [-0.4, -0.2) is 17.9 Å². The molecule has 3 nitrogen and oxygen atoms in total. The molecule has 1 aliphatic carbocycles. The predicted molar refractivity (Wildman–Crippen MR) is 52.5 cm³/mol. The molecular formula is C11H15NO2. The molecule has 1 fully saturated rings. The first-order valence-corrected chi connectivity index (χ1v) is 4.96. The first kappa shape index (κ1) is 9.31. The minimum Gasteiger partial charge on any atom is -0.467 e. The third kappa shape index (κ3) is 1.81. The highest BCUT2D eigenvalue weighted by Crippen LogP contribution is 2.39. The van der Waals surface area contributed by atoms with Crippen LogP contribution in [0.4, 0.5) is 0 Å². The van der Waals surface area contributed by atoms with Gasteiger partial charge in [0, 0.05) is 13.0 Å². The molecule has 1 saturated carbocycles. The zero-order chi connectivity index (χ0) is 10.1. The lowest BCUT2D eigenvalue weighted by molar-refractivity contribution is -0.132. The van der Waals surface area contributed by atoms with E-state index in [1.807, 2.05) is 19.2 Å². The summed E-state index contributed by atoms with van der Waals surface area (Å²) in [6.07, 6.45) is 2.68. The maximum absolute atomic E-state index is 11.7. The van der Waals surface area contributed by atoms with Crippen molar-refractivity contribution < 1.29 is 9.21 Å². The summed E-state index contributed by atoms with van der Waals surface area (Å²) in [7, 11) is 1.83. The molecule has 0 radical (unpaired) electrons. The van der Waals surface area contributed by atoms with E-state index in [9.17, 15) is 4.79 Å². The molecule has 1 heterocycles. The van der Waals surface area contributed by atoms with Crippen LogP contribution in [0.15, 0.2) is 22.8 Å². The van der Waals surface area contributed by atoms with Crippen LogP contribution in [0.25, 0.3) is 0 Å². The van der Waals surface area contributed by atoms with Crippen molar-refractivity contribution in [1.82, 2.24) is 4.90 Å². The Labute approximate surface area is 83.7 Å². The SMILES string of the molecule is CC1CC1C(=O)N(C)Cc1ccco1. The lowest BCUT2D eigenvalue weighted by Gasteiger charge is -2.15.